The number of fused-ring (bicyclic) bond motifs is 7. The number of para-hydroxylation sites is 3. The van der Waals surface area contributed by atoms with Gasteiger partial charge < -0.3 is 9.13 Å². The Labute approximate surface area is 323 Å². The molecule has 0 bridgehead atoms. The maximum absolute atomic E-state index is 5.12. The highest BCUT2D eigenvalue weighted by molar-refractivity contribution is 6.29. The van der Waals surface area contributed by atoms with Crippen molar-refractivity contribution in [1.29, 1.82) is 0 Å². The molecule has 0 aliphatic heterocycles. The molecule has 0 radical (unpaired) electrons. The molecular formula is C51H33N5. The minimum atomic E-state index is 0.618. The first-order valence-electron chi connectivity index (χ1n) is 18.9. The lowest BCUT2D eigenvalue weighted by Crippen LogP contribution is -2.02. The quantitative estimate of drug-likeness (QED) is 0.172. The molecule has 8 aromatic carbocycles. The number of rotatable bonds is 6. The van der Waals surface area contributed by atoms with E-state index in [1.807, 2.05) is 60.7 Å². The first-order valence-corrected chi connectivity index (χ1v) is 18.9. The maximum Gasteiger partial charge on any atom is 0.164 e. The standard InChI is InChI=1S/C51H33N5/c1-5-17-34(18-6-1)39-30-29-37(51-53-49(35-19-7-2-8-20-35)52-50(54-51)36-21-9-3-10-22-36)33-46(39)56-43-28-16-14-26-41(43)48-45(56)32-31-44-47(48)40-25-13-15-27-42(40)55(44)38-23-11-4-12-24-38/h1-33H. The van der Waals surface area contributed by atoms with Crippen LogP contribution in [0.3, 0.4) is 0 Å². The molecule has 0 saturated carbocycles. The van der Waals surface area contributed by atoms with E-state index in [0.29, 0.717) is 17.5 Å². The third kappa shape index (κ3) is 5.13. The van der Waals surface area contributed by atoms with Crippen LogP contribution >= 0.6 is 0 Å². The molecule has 0 unspecified atom stereocenters. The monoisotopic (exact) mass is 715 g/mol. The Morgan fingerprint density at radius 2 is 0.732 bits per heavy atom. The molecule has 0 N–H and O–H groups in total. The normalized spacial score (nSPS) is 11.6. The van der Waals surface area contributed by atoms with Crippen molar-refractivity contribution in [2.24, 2.45) is 0 Å². The summed E-state index contributed by atoms with van der Waals surface area (Å²) < 4.78 is 4.82. The average molecular weight is 716 g/mol. The summed E-state index contributed by atoms with van der Waals surface area (Å²) in [5, 5.41) is 4.90. The lowest BCUT2D eigenvalue weighted by Gasteiger charge is -2.16. The van der Waals surface area contributed by atoms with E-state index in [0.717, 1.165) is 50.2 Å². The lowest BCUT2D eigenvalue weighted by atomic mass is 10.0. The van der Waals surface area contributed by atoms with Crippen molar-refractivity contribution in [2.75, 3.05) is 0 Å². The van der Waals surface area contributed by atoms with Gasteiger partial charge in [-0.25, -0.2) is 15.0 Å². The van der Waals surface area contributed by atoms with E-state index in [1.54, 1.807) is 0 Å². The predicted molar refractivity (Wildman–Crippen MR) is 230 cm³/mol. The Hall–Kier alpha value is -7.63. The minimum Gasteiger partial charge on any atom is -0.309 e. The molecule has 11 aromatic rings. The maximum atomic E-state index is 5.12. The summed E-state index contributed by atoms with van der Waals surface area (Å²) in [5.74, 6) is 1.89. The summed E-state index contributed by atoms with van der Waals surface area (Å²) in [4.78, 5) is 15.2. The largest absolute Gasteiger partial charge is 0.309 e. The first-order chi connectivity index (χ1) is 27.8. The SMILES string of the molecule is c1ccc(-c2nc(-c3ccccc3)nc(-c3ccc(-c4ccccc4)c(-n4c5ccccc5c5c6c7ccccc7n(-c7ccccc7)c6ccc54)c3)n2)cc1. The van der Waals surface area contributed by atoms with Crippen LogP contribution in [0.15, 0.2) is 200 Å². The highest BCUT2D eigenvalue weighted by Crippen LogP contribution is 2.44. The van der Waals surface area contributed by atoms with Gasteiger partial charge in [-0.3, -0.25) is 0 Å². The van der Waals surface area contributed by atoms with E-state index in [-0.39, 0.29) is 0 Å². The number of hydrogen-bond donors (Lipinski definition) is 0. The minimum absolute atomic E-state index is 0.618. The summed E-state index contributed by atoms with van der Waals surface area (Å²) in [6, 6.07) is 70.3. The topological polar surface area (TPSA) is 48.5 Å². The third-order valence-corrected chi connectivity index (χ3v) is 10.8. The molecule has 0 aliphatic rings. The fraction of sp³-hybridized carbons (Fsp3) is 0. The van der Waals surface area contributed by atoms with Crippen LogP contribution in [0.5, 0.6) is 0 Å². The lowest BCUT2D eigenvalue weighted by molar-refractivity contribution is 1.07. The van der Waals surface area contributed by atoms with Crippen molar-refractivity contribution >= 4 is 43.6 Å². The second kappa shape index (κ2) is 13.0. The molecule has 11 rings (SSSR count). The fourth-order valence-corrected chi connectivity index (χ4v) is 8.29. The molecule has 0 aliphatic carbocycles. The molecule has 0 fully saturated rings. The van der Waals surface area contributed by atoms with E-state index in [2.05, 4.69) is 149 Å². The van der Waals surface area contributed by atoms with Crippen LogP contribution in [0.1, 0.15) is 0 Å². The second-order valence-electron chi connectivity index (χ2n) is 14.0. The molecule has 0 amide bonds. The second-order valence-corrected chi connectivity index (χ2v) is 14.0. The van der Waals surface area contributed by atoms with Gasteiger partial charge in [0.25, 0.3) is 0 Å². The number of benzene rings is 8. The Morgan fingerprint density at radius 3 is 1.29 bits per heavy atom. The highest BCUT2D eigenvalue weighted by Gasteiger charge is 2.23. The zero-order valence-electron chi connectivity index (χ0n) is 30.3. The molecule has 0 saturated heterocycles. The number of nitrogens with zero attached hydrogens (tertiary/aromatic N) is 5. The summed E-state index contributed by atoms with van der Waals surface area (Å²) in [7, 11) is 0. The van der Waals surface area contributed by atoms with Gasteiger partial charge in [0.15, 0.2) is 17.5 Å². The third-order valence-electron chi connectivity index (χ3n) is 10.8. The van der Waals surface area contributed by atoms with Crippen molar-refractivity contribution in [3.63, 3.8) is 0 Å². The summed E-state index contributed by atoms with van der Waals surface area (Å²) in [6.45, 7) is 0. The van der Waals surface area contributed by atoms with Crippen molar-refractivity contribution < 1.29 is 0 Å². The van der Waals surface area contributed by atoms with Crippen LogP contribution in [-0.2, 0) is 0 Å². The van der Waals surface area contributed by atoms with Crippen molar-refractivity contribution in [3.8, 4) is 56.7 Å². The van der Waals surface area contributed by atoms with Crippen LogP contribution in [0.4, 0.5) is 0 Å². The van der Waals surface area contributed by atoms with Crippen LogP contribution in [0, 0.1) is 0 Å². The molecule has 3 aromatic heterocycles. The van der Waals surface area contributed by atoms with Gasteiger partial charge in [0.1, 0.15) is 0 Å². The average Bonchev–Trinajstić information content (AvgIpc) is 3.80. The van der Waals surface area contributed by atoms with Crippen LogP contribution < -0.4 is 0 Å². The van der Waals surface area contributed by atoms with E-state index >= 15 is 0 Å². The highest BCUT2D eigenvalue weighted by atomic mass is 15.0. The molecule has 0 spiro atoms. The molecule has 0 atom stereocenters. The van der Waals surface area contributed by atoms with E-state index in [4.69, 9.17) is 15.0 Å². The summed E-state index contributed by atoms with van der Waals surface area (Å²) in [6.07, 6.45) is 0. The smallest absolute Gasteiger partial charge is 0.164 e. The van der Waals surface area contributed by atoms with E-state index in [1.165, 1.54) is 32.6 Å². The van der Waals surface area contributed by atoms with Gasteiger partial charge in [-0.05, 0) is 48.0 Å². The fourth-order valence-electron chi connectivity index (χ4n) is 8.29. The number of hydrogen-bond acceptors (Lipinski definition) is 3. The first kappa shape index (κ1) is 31.9. The van der Waals surface area contributed by atoms with Crippen molar-refractivity contribution in [1.82, 2.24) is 24.1 Å². The van der Waals surface area contributed by atoms with Gasteiger partial charge >= 0.3 is 0 Å². The Bertz CT molecular complexity index is 3160. The molecule has 56 heavy (non-hydrogen) atoms. The Kier molecular flexibility index (Phi) is 7.42. The molecule has 5 nitrogen and oxygen atoms in total. The predicted octanol–water partition coefficient (Wildman–Crippen LogP) is 12.7. The summed E-state index contributed by atoms with van der Waals surface area (Å²) in [5.41, 5.74) is 11.9. The molecule has 5 heteroatoms. The zero-order valence-corrected chi connectivity index (χ0v) is 30.3. The van der Waals surface area contributed by atoms with E-state index in [9.17, 15) is 0 Å². The van der Waals surface area contributed by atoms with Crippen molar-refractivity contribution in [3.05, 3.63) is 200 Å². The van der Waals surface area contributed by atoms with Crippen LogP contribution in [-0.4, -0.2) is 24.1 Å². The van der Waals surface area contributed by atoms with Gasteiger partial charge in [-0.2, -0.15) is 0 Å². The van der Waals surface area contributed by atoms with Gasteiger partial charge in [-0.1, -0.05) is 158 Å². The summed E-state index contributed by atoms with van der Waals surface area (Å²) >= 11 is 0. The van der Waals surface area contributed by atoms with Gasteiger partial charge in [0.2, 0.25) is 0 Å². The van der Waals surface area contributed by atoms with E-state index < -0.39 is 0 Å². The molecular weight excluding hydrogens is 683 g/mol. The molecule has 3 heterocycles. The van der Waals surface area contributed by atoms with Gasteiger partial charge in [0.05, 0.1) is 27.8 Å². The van der Waals surface area contributed by atoms with Crippen molar-refractivity contribution in [2.45, 2.75) is 0 Å². The van der Waals surface area contributed by atoms with Crippen LogP contribution in [0.25, 0.3) is 100 Å². The number of aromatic nitrogens is 5. The Morgan fingerprint density at radius 1 is 0.304 bits per heavy atom. The van der Waals surface area contributed by atoms with Crippen LogP contribution in [0.2, 0.25) is 0 Å². The Balaban J connectivity index is 1.22. The zero-order chi connectivity index (χ0) is 37.0. The molecule has 262 valence electrons. The van der Waals surface area contributed by atoms with Gasteiger partial charge in [-0.15, -0.1) is 0 Å². The van der Waals surface area contributed by atoms with Gasteiger partial charge in [0, 0.05) is 49.5 Å².